The Morgan fingerprint density at radius 1 is 1.43 bits per heavy atom. The largest absolute Gasteiger partial charge is 0.408 e. The minimum Gasteiger partial charge on any atom is -0.408 e. The van der Waals surface area contributed by atoms with Crippen molar-refractivity contribution >= 4 is 50.8 Å². The predicted octanol–water partition coefficient (Wildman–Crippen LogP) is 4.85. The molecule has 0 atom stereocenters. The van der Waals surface area contributed by atoms with E-state index >= 15 is 0 Å². The molecule has 0 bridgehead atoms. The highest BCUT2D eigenvalue weighted by Gasteiger charge is 2.11. The number of aromatic nitrogens is 2. The maximum atomic E-state index is 5.56. The van der Waals surface area contributed by atoms with Crippen LogP contribution in [0.3, 0.4) is 0 Å². The van der Waals surface area contributed by atoms with Crippen molar-refractivity contribution in [3.63, 3.8) is 0 Å². The van der Waals surface area contributed by atoms with Gasteiger partial charge in [-0.3, -0.25) is 4.90 Å². The van der Waals surface area contributed by atoms with Crippen LogP contribution in [-0.4, -0.2) is 21.7 Å². The van der Waals surface area contributed by atoms with Gasteiger partial charge in [0.1, 0.15) is 0 Å². The second-order valence-electron chi connectivity index (χ2n) is 4.51. The van der Waals surface area contributed by atoms with Crippen LogP contribution >= 0.6 is 50.8 Å². The van der Waals surface area contributed by atoms with E-state index < -0.39 is 0 Å². The van der Waals surface area contributed by atoms with Gasteiger partial charge in [0.15, 0.2) is 0 Å². The lowest BCUT2D eigenvalue weighted by Gasteiger charge is -2.14. The third kappa shape index (κ3) is 3.70. The first kappa shape index (κ1) is 15.1. The van der Waals surface area contributed by atoms with Gasteiger partial charge in [-0.15, -0.1) is 27.8 Å². The molecular weight excluding hydrogens is 390 g/mol. The number of thiophene rings is 2. The zero-order chi connectivity index (χ0) is 14.8. The Hall–Kier alpha value is -0.800. The molecule has 0 N–H and O–H groups in total. The summed E-state index contributed by atoms with van der Waals surface area (Å²) in [6, 6.07) is 8.12. The summed E-state index contributed by atoms with van der Waals surface area (Å²) < 4.78 is 8.42. The Morgan fingerprint density at radius 3 is 2.95 bits per heavy atom. The van der Waals surface area contributed by atoms with Crippen LogP contribution in [0, 0.1) is 4.84 Å². The monoisotopic (exact) mass is 401 g/mol. The fourth-order valence-corrected chi connectivity index (χ4v) is 4.26. The van der Waals surface area contributed by atoms with Crippen molar-refractivity contribution < 1.29 is 4.42 Å². The van der Waals surface area contributed by atoms with Gasteiger partial charge in [0.05, 0.1) is 15.3 Å². The van der Waals surface area contributed by atoms with Gasteiger partial charge in [-0.05, 0) is 58.8 Å². The molecule has 0 radical (unpaired) electrons. The lowest BCUT2D eigenvalue weighted by atomic mass is 10.4. The standard InChI is InChI=1S/C13H12BrN3OS3/c1-16(7-9-4-5-11(14)21-9)8-17-13(19)18-12(15-17)10-3-2-6-20-10/h2-6H,7-8H2,1H3. The highest BCUT2D eigenvalue weighted by molar-refractivity contribution is 9.11. The van der Waals surface area contributed by atoms with E-state index in [0.29, 0.717) is 17.4 Å². The van der Waals surface area contributed by atoms with Crippen LogP contribution < -0.4 is 0 Å². The summed E-state index contributed by atoms with van der Waals surface area (Å²) in [4.78, 5) is 4.83. The van der Waals surface area contributed by atoms with Crippen molar-refractivity contribution in [2.75, 3.05) is 7.05 Å². The second kappa shape index (κ2) is 6.53. The molecule has 21 heavy (non-hydrogen) atoms. The first-order chi connectivity index (χ1) is 10.1. The van der Waals surface area contributed by atoms with Crippen LogP contribution in [0.4, 0.5) is 0 Å². The summed E-state index contributed by atoms with van der Waals surface area (Å²) >= 11 is 12.0. The highest BCUT2D eigenvalue weighted by atomic mass is 79.9. The minimum absolute atomic E-state index is 0.401. The van der Waals surface area contributed by atoms with Gasteiger partial charge in [-0.2, -0.15) is 0 Å². The predicted molar refractivity (Wildman–Crippen MR) is 92.1 cm³/mol. The molecule has 0 fully saturated rings. The summed E-state index contributed by atoms with van der Waals surface area (Å²) in [6.07, 6.45) is 0. The Balaban J connectivity index is 1.71. The molecule has 110 valence electrons. The molecular formula is C13H12BrN3OS3. The molecule has 0 unspecified atom stereocenters. The van der Waals surface area contributed by atoms with E-state index in [9.17, 15) is 0 Å². The molecule has 4 nitrogen and oxygen atoms in total. The van der Waals surface area contributed by atoms with Gasteiger partial charge in [-0.1, -0.05) is 6.07 Å². The lowest BCUT2D eigenvalue weighted by Crippen LogP contribution is -2.21. The van der Waals surface area contributed by atoms with Crippen molar-refractivity contribution in [2.24, 2.45) is 0 Å². The van der Waals surface area contributed by atoms with Crippen LogP contribution in [0.1, 0.15) is 4.88 Å². The van der Waals surface area contributed by atoms with Gasteiger partial charge in [0.25, 0.3) is 10.7 Å². The van der Waals surface area contributed by atoms with E-state index in [1.165, 1.54) is 4.88 Å². The maximum Gasteiger partial charge on any atom is 0.288 e. The summed E-state index contributed by atoms with van der Waals surface area (Å²) in [7, 11) is 2.04. The third-order valence-corrected chi connectivity index (χ3v) is 5.53. The number of hydrogen-bond acceptors (Lipinski definition) is 6. The zero-order valence-corrected chi connectivity index (χ0v) is 15.2. The quantitative estimate of drug-likeness (QED) is 0.572. The Kier molecular flexibility index (Phi) is 4.70. The van der Waals surface area contributed by atoms with E-state index in [0.717, 1.165) is 15.2 Å². The maximum absolute atomic E-state index is 5.56. The molecule has 0 aliphatic rings. The average molecular weight is 402 g/mol. The molecule has 3 rings (SSSR count). The summed E-state index contributed by atoms with van der Waals surface area (Å²) in [5.41, 5.74) is 0. The van der Waals surface area contributed by atoms with Gasteiger partial charge in [0, 0.05) is 11.4 Å². The van der Waals surface area contributed by atoms with E-state index in [2.05, 4.69) is 38.1 Å². The number of nitrogens with zero attached hydrogens (tertiary/aromatic N) is 3. The molecule has 3 aromatic heterocycles. The summed E-state index contributed by atoms with van der Waals surface area (Å²) in [5.74, 6) is 0.585. The molecule has 0 aliphatic carbocycles. The molecule has 0 amide bonds. The molecule has 0 aromatic carbocycles. The summed E-state index contributed by atoms with van der Waals surface area (Å²) in [5, 5.41) is 6.44. The summed E-state index contributed by atoms with van der Waals surface area (Å²) in [6.45, 7) is 1.45. The van der Waals surface area contributed by atoms with Gasteiger partial charge in [-0.25, -0.2) is 4.68 Å². The van der Waals surface area contributed by atoms with Crippen molar-refractivity contribution in [1.82, 2.24) is 14.7 Å². The van der Waals surface area contributed by atoms with Crippen LogP contribution in [0.2, 0.25) is 0 Å². The fraction of sp³-hybridized carbons (Fsp3) is 0.231. The second-order valence-corrected chi connectivity index (χ2v) is 8.36. The minimum atomic E-state index is 0.401. The SMILES string of the molecule is CN(Cc1ccc(Br)s1)Cn1nc(-c2cccs2)oc1=S. The van der Waals surface area contributed by atoms with E-state index in [4.69, 9.17) is 16.6 Å². The molecule has 3 heterocycles. The molecule has 0 aliphatic heterocycles. The number of rotatable bonds is 5. The van der Waals surface area contributed by atoms with Crippen LogP contribution in [-0.2, 0) is 13.2 Å². The molecule has 0 spiro atoms. The van der Waals surface area contributed by atoms with Gasteiger partial charge in [0.2, 0.25) is 0 Å². The van der Waals surface area contributed by atoms with Crippen molar-refractivity contribution in [1.29, 1.82) is 0 Å². The Labute approximate surface area is 143 Å². The average Bonchev–Trinajstić information content (AvgIpc) is 3.13. The third-order valence-electron chi connectivity index (χ3n) is 2.77. The van der Waals surface area contributed by atoms with Gasteiger partial charge < -0.3 is 4.42 Å². The van der Waals surface area contributed by atoms with Crippen LogP contribution in [0.25, 0.3) is 10.8 Å². The van der Waals surface area contributed by atoms with Crippen LogP contribution in [0.5, 0.6) is 0 Å². The fourth-order valence-electron chi connectivity index (χ4n) is 1.88. The molecule has 8 heteroatoms. The van der Waals surface area contributed by atoms with Gasteiger partial charge >= 0.3 is 0 Å². The highest BCUT2D eigenvalue weighted by Crippen LogP contribution is 2.24. The molecule has 3 aromatic rings. The van der Waals surface area contributed by atoms with Crippen molar-refractivity contribution in [3.05, 3.63) is 43.1 Å². The van der Waals surface area contributed by atoms with E-state index in [-0.39, 0.29) is 0 Å². The first-order valence-electron chi connectivity index (χ1n) is 6.16. The first-order valence-corrected chi connectivity index (χ1v) is 9.06. The lowest BCUT2D eigenvalue weighted by molar-refractivity contribution is 0.242. The molecule has 0 saturated heterocycles. The normalized spacial score (nSPS) is 11.4. The zero-order valence-electron chi connectivity index (χ0n) is 11.2. The van der Waals surface area contributed by atoms with E-state index in [1.54, 1.807) is 27.4 Å². The smallest absolute Gasteiger partial charge is 0.288 e. The number of hydrogen-bond donors (Lipinski definition) is 0. The number of halogens is 1. The topological polar surface area (TPSA) is 34.2 Å². The van der Waals surface area contributed by atoms with Crippen LogP contribution in [0.15, 0.2) is 37.8 Å². The molecule has 0 saturated carbocycles. The Bertz CT molecular complexity index is 775. The van der Waals surface area contributed by atoms with E-state index in [1.807, 2.05) is 24.6 Å². The van der Waals surface area contributed by atoms with Crippen molar-refractivity contribution in [2.45, 2.75) is 13.2 Å². The Morgan fingerprint density at radius 2 is 2.29 bits per heavy atom. The van der Waals surface area contributed by atoms with Crippen molar-refractivity contribution in [3.8, 4) is 10.8 Å².